The van der Waals surface area contributed by atoms with Gasteiger partial charge in [0.1, 0.15) is 11.4 Å². The number of carbonyl (C=O) groups is 2. The highest BCUT2D eigenvalue weighted by Gasteiger charge is 2.19. The zero-order valence-electron chi connectivity index (χ0n) is 15.8. The largest absolute Gasteiger partial charge is 0.504 e. The fourth-order valence-corrected chi connectivity index (χ4v) is 2.62. The first kappa shape index (κ1) is 19.8. The van der Waals surface area contributed by atoms with E-state index < -0.39 is 17.5 Å². The number of esters is 1. The lowest BCUT2D eigenvalue weighted by atomic mass is 10.2. The molecule has 0 radical (unpaired) electrons. The summed E-state index contributed by atoms with van der Waals surface area (Å²) in [5.41, 5.74) is 1.33. The molecule has 0 fully saturated rings. The Labute approximate surface area is 165 Å². The molecule has 0 saturated carbocycles. The Morgan fingerprint density at radius 2 is 2.03 bits per heavy atom. The van der Waals surface area contributed by atoms with Gasteiger partial charge in [-0.2, -0.15) is 5.21 Å². The third-order valence-electron chi connectivity index (χ3n) is 4.02. The maximum atomic E-state index is 12.5. The van der Waals surface area contributed by atoms with Crippen molar-refractivity contribution in [1.29, 1.82) is 0 Å². The van der Waals surface area contributed by atoms with E-state index in [2.05, 4.69) is 20.6 Å². The smallest absolute Gasteiger partial charge is 0.354 e. The second kappa shape index (κ2) is 8.83. The van der Waals surface area contributed by atoms with Gasteiger partial charge in [-0.15, -0.1) is 10.2 Å². The van der Waals surface area contributed by atoms with Gasteiger partial charge in [0.05, 0.1) is 13.7 Å². The van der Waals surface area contributed by atoms with Crippen molar-refractivity contribution < 1.29 is 24.2 Å². The Balaban J connectivity index is 1.90. The molecule has 0 amide bonds. The summed E-state index contributed by atoms with van der Waals surface area (Å²) in [7, 11) is 1.58. The number of hydrogen-bond acceptors (Lipinski definition) is 8. The van der Waals surface area contributed by atoms with Gasteiger partial charge in [0.2, 0.25) is 5.82 Å². The summed E-state index contributed by atoms with van der Waals surface area (Å²) in [6.45, 7) is 2.24. The van der Waals surface area contributed by atoms with Crippen molar-refractivity contribution in [1.82, 2.24) is 25.2 Å². The van der Waals surface area contributed by atoms with Crippen LogP contribution in [0.5, 0.6) is 5.75 Å². The minimum Gasteiger partial charge on any atom is -0.504 e. The number of aliphatic hydroxyl groups is 1. The Morgan fingerprint density at radius 1 is 1.28 bits per heavy atom. The number of rotatable bonds is 8. The topological polar surface area (TPSA) is 132 Å². The number of benzene rings is 1. The molecule has 2 heterocycles. The van der Waals surface area contributed by atoms with Crippen LogP contribution in [-0.4, -0.2) is 55.8 Å². The van der Waals surface area contributed by atoms with E-state index in [1.54, 1.807) is 30.7 Å². The Hall–Kier alpha value is -3.95. The van der Waals surface area contributed by atoms with Gasteiger partial charge in [-0.3, -0.25) is 4.79 Å². The highest BCUT2D eigenvalue weighted by atomic mass is 16.5. The Kier molecular flexibility index (Phi) is 6.03. The summed E-state index contributed by atoms with van der Waals surface area (Å²) in [5.74, 6) is -0.909. The van der Waals surface area contributed by atoms with Crippen LogP contribution in [0.4, 0.5) is 0 Å². The predicted molar refractivity (Wildman–Crippen MR) is 102 cm³/mol. The van der Waals surface area contributed by atoms with Crippen LogP contribution in [0, 0.1) is 0 Å². The molecule has 10 nitrogen and oxygen atoms in total. The summed E-state index contributed by atoms with van der Waals surface area (Å²) in [6.07, 6.45) is 2.49. The first-order valence-corrected chi connectivity index (χ1v) is 8.70. The molecule has 0 atom stereocenters. The van der Waals surface area contributed by atoms with Crippen LogP contribution in [-0.2, 0) is 11.3 Å². The molecular weight excluding hydrogens is 378 g/mol. The number of nitrogens with zero attached hydrogens (tertiary/aromatic N) is 4. The standard InChI is InChI=1S/C19H19N5O5/c1-3-29-19(27)15-8-13(16(25)9-17(26)18-20-22-23-21-18)11-24(15)10-12-4-6-14(28-2)7-5-12/h4-9,11,26H,3,10H2,1-2H3,(H,20,21,22,23). The third kappa shape index (κ3) is 4.67. The zero-order chi connectivity index (χ0) is 20.8. The molecule has 0 aliphatic heterocycles. The molecule has 0 aliphatic rings. The van der Waals surface area contributed by atoms with Gasteiger partial charge in [0.15, 0.2) is 11.5 Å². The second-order valence-electron chi connectivity index (χ2n) is 5.94. The minimum atomic E-state index is -0.550. The molecule has 0 unspecified atom stereocenters. The van der Waals surface area contributed by atoms with Crippen molar-refractivity contribution in [3.8, 4) is 5.75 Å². The highest BCUT2D eigenvalue weighted by molar-refractivity contribution is 6.08. The average molecular weight is 397 g/mol. The van der Waals surface area contributed by atoms with Crippen LogP contribution >= 0.6 is 0 Å². The lowest BCUT2D eigenvalue weighted by Crippen LogP contribution is -2.12. The van der Waals surface area contributed by atoms with Crippen molar-refractivity contribution in [3.63, 3.8) is 0 Å². The van der Waals surface area contributed by atoms with Gasteiger partial charge in [0, 0.05) is 24.4 Å². The summed E-state index contributed by atoms with van der Waals surface area (Å²) >= 11 is 0. The van der Waals surface area contributed by atoms with Gasteiger partial charge in [-0.05, 0) is 35.9 Å². The van der Waals surface area contributed by atoms with Crippen LogP contribution in [0.1, 0.15) is 39.2 Å². The quantitative estimate of drug-likeness (QED) is 0.255. The van der Waals surface area contributed by atoms with Crippen LogP contribution in [0.25, 0.3) is 5.76 Å². The first-order chi connectivity index (χ1) is 14.0. The first-order valence-electron chi connectivity index (χ1n) is 8.70. The fraction of sp³-hybridized carbons (Fsp3) is 0.211. The number of tetrazole rings is 1. The highest BCUT2D eigenvalue weighted by Crippen LogP contribution is 2.18. The predicted octanol–water partition coefficient (Wildman–Crippen LogP) is 2.02. The van der Waals surface area contributed by atoms with Gasteiger partial charge < -0.3 is 19.1 Å². The normalized spacial score (nSPS) is 11.3. The fourth-order valence-electron chi connectivity index (χ4n) is 2.62. The van der Waals surface area contributed by atoms with Crippen molar-refractivity contribution in [3.05, 3.63) is 65.2 Å². The molecule has 29 heavy (non-hydrogen) atoms. The molecule has 0 bridgehead atoms. The van der Waals surface area contributed by atoms with Crippen LogP contribution in [0.15, 0.2) is 42.6 Å². The maximum Gasteiger partial charge on any atom is 0.354 e. The summed E-state index contributed by atoms with van der Waals surface area (Å²) in [4.78, 5) is 24.9. The number of methoxy groups -OCH3 is 1. The van der Waals surface area contributed by atoms with Gasteiger partial charge in [0.25, 0.3) is 0 Å². The summed E-state index contributed by atoms with van der Waals surface area (Å²) in [6, 6.07) is 8.75. The second-order valence-corrected chi connectivity index (χ2v) is 5.94. The molecule has 2 aromatic heterocycles. The lowest BCUT2D eigenvalue weighted by molar-refractivity contribution is 0.0514. The van der Waals surface area contributed by atoms with E-state index in [1.807, 2.05) is 12.1 Å². The average Bonchev–Trinajstić information content (AvgIpc) is 3.39. The number of aromatic nitrogens is 5. The maximum absolute atomic E-state index is 12.5. The number of carbonyl (C=O) groups excluding carboxylic acids is 2. The van der Waals surface area contributed by atoms with Gasteiger partial charge >= 0.3 is 5.97 Å². The van der Waals surface area contributed by atoms with E-state index in [4.69, 9.17) is 9.47 Å². The Morgan fingerprint density at radius 3 is 2.66 bits per heavy atom. The number of aromatic amines is 1. The molecule has 10 heteroatoms. The minimum absolute atomic E-state index is 0.110. The van der Waals surface area contributed by atoms with Crippen LogP contribution in [0.3, 0.4) is 0 Å². The number of nitrogens with one attached hydrogen (secondary N) is 1. The zero-order valence-corrected chi connectivity index (χ0v) is 15.8. The Bertz CT molecular complexity index is 1020. The molecule has 0 aliphatic carbocycles. The van der Waals surface area contributed by atoms with Crippen molar-refractivity contribution in [2.45, 2.75) is 13.5 Å². The summed E-state index contributed by atoms with van der Waals surface area (Å²) in [5, 5.41) is 22.6. The number of ketones is 1. The number of H-pyrrole nitrogens is 1. The van der Waals surface area contributed by atoms with E-state index >= 15 is 0 Å². The molecule has 1 aromatic carbocycles. The van der Waals surface area contributed by atoms with E-state index in [1.165, 1.54) is 12.3 Å². The molecule has 150 valence electrons. The van der Waals surface area contributed by atoms with Crippen molar-refractivity contribution in [2.24, 2.45) is 0 Å². The molecule has 3 aromatic rings. The number of hydrogen-bond donors (Lipinski definition) is 2. The molecule has 2 N–H and O–H groups in total. The summed E-state index contributed by atoms with van der Waals surface area (Å²) < 4.78 is 11.8. The number of aliphatic hydroxyl groups excluding tert-OH is 1. The van der Waals surface area contributed by atoms with Crippen LogP contribution in [0.2, 0.25) is 0 Å². The third-order valence-corrected chi connectivity index (χ3v) is 4.02. The van der Waals surface area contributed by atoms with Gasteiger partial charge in [-0.25, -0.2) is 4.79 Å². The molecule has 0 spiro atoms. The van der Waals surface area contributed by atoms with Crippen molar-refractivity contribution >= 4 is 17.5 Å². The van der Waals surface area contributed by atoms with Crippen molar-refractivity contribution in [2.75, 3.05) is 13.7 Å². The monoisotopic (exact) mass is 397 g/mol. The van der Waals surface area contributed by atoms with E-state index in [0.29, 0.717) is 12.3 Å². The molecular formula is C19H19N5O5. The van der Waals surface area contributed by atoms with Crippen LogP contribution < -0.4 is 4.74 Å². The van der Waals surface area contributed by atoms with Gasteiger partial charge in [-0.1, -0.05) is 12.1 Å². The van der Waals surface area contributed by atoms with E-state index in [0.717, 1.165) is 11.6 Å². The molecule has 3 rings (SSSR count). The van der Waals surface area contributed by atoms with E-state index in [-0.39, 0.29) is 23.7 Å². The molecule has 0 saturated heterocycles. The van der Waals surface area contributed by atoms with E-state index in [9.17, 15) is 14.7 Å². The number of allylic oxidation sites excluding steroid dienone is 1. The number of ether oxygens (including phenoxy) is 2. The lowest BCUT2D eigenvalue weighted by Gasteiger charge is -2.09. The SMILES string of the molecule is CCOC(=O)c1cc(C(=O)C=C(O)c2nn[nH]n2)cn1Cc1ccc(OC)cc1.